The van der Waals surface area contributed by atoms with E-state index in [1.54, 1.807) is 11.3 Å². The molecule has 0 bridgehead atoms. The van der Waals surface area contributed by atoms with Gasteiger partial charge in [-0.05, 0) is 62.1 Å². The third-order valence-electron chi connectivity index (χ3n) is 5.74. The lowest BCUT2D eigenvalue weighted by molar-refractivity contribution is -0.116. The lowest BCUT2D eigenvalue weighted by Crippen LogP contribution is -2.38. The maximum atomic E-state index is 13.1. The fourth-order valence-corrected chi connectivity index (χ4v) is 5.73. The molecule has 2 N–H and O–H groups in total. The molecule has 154 valence electrons. The summed E-state index contributed by atoms with van der Waals surface area (Å²) >= 11 is 5.18. The van der Waals surface area contributed by atoms with Crippen molar-refractivity contribution < 1.29 is 4.79 Å². The topological polar surface area (TPSA) is 70.1 Å². The van der Waals surface area contributed by atoms with Crippen molar-refractivity contribution in [3.8, 4) is 6.07 Å². The van der Waals surface area contributed by atoms with Crippen LogP contribution in [0.5, 0.6) is 0 Å². The Labute approximate surface area is 189 Å². The third-order valence-corrected chi connectivity index (χ3v) is 7.48. The van der Waals surface area contributed by atoms with E-state index in [9.17, 15) is 10.1 Å². The summed E-state index contributed by atoms with van der Waals surface area (Å²) in [6.45, 7) is 2.18. The molecule has 6 heteroatoms. The molecule has 4 rings (SSSR count). The zero-order valence-electron chi connectivity index (χ0n) is 17.0. The molecule has 0 spiro atoms. The fourth-order valence-electron chi connectivity index (χ4n) is 4.29. The zero-order valence-corrected chi connectivity index (χ0v) is 19.4. The molecule has 0 amide bonds. The smallest absolute Gasteiger partial charge is 0.161 e. The van der Waals surface area contributed by atoms with Gasteiger partial charge in [0.15, 0.2) is 5.78 Å². The number of carbonyl (C=O) groups is 1. The molecule has 0 fully saturated rings. The Kier molecular flexibility index (Phi) is 6.12. The number of carbonyl (C=O) groups excluding carboxylic acids is 1. The third kappa shape index (κ3) is 3.73. The van der Waals surface area contributed by atoms with Crippen molar-refractivity contribution in [2.24, 2.45) is 5.73 Å². The van der Waals surface area contributed by atoms with Crippen LogP contribution in [0.1, 0.15) is 54.7 Å². The lowest BCUT2D eigenvalue weighted by Gasteiger charge is -2.39. The molecule has 2 aliphatic rings. The van der Waals surface area contributed by atoms with Crippen molar-refractivity contribution in [3.05, 3.63) is 73.3 Å². The second kappa shape index (κ2) is 8.79. The fraction of sp³-hybridized carbons (Fsp3) is 0.333. The van der Waals surface area contributed by atoms with Crippen molar-refractivity contribution in [3.63, 3.8) is 0 Å². The van der Waals surface area contributed by atoms with E-state index in [-0.39, 0.29) is 11.7 Å². The quantitative estimate of drug-likeness (QED) is 0.554. The van der Waals surface area contributed by atoms with Crippen molar-refractivity contribution >= 4 is 38.7 Å². The monoisotopic (exact) mass is 481 g/mol. The molecule has 1 aliphatic carbocycles. The molecule has 1 aromatic carbocycles. The van der Waals surface area contributed by atoms with Gasteiger partial charge in [0.25, 0.3) is 0 Å². The number of nitriles is 1. The van der Waals surface area contributed by atoms with Crippen LogP contribution in [0.3, 0.4) is 0 Å². The van der Waals surface area contributed by atoms with Crippen LogP contribution in [0.25, 0.3) is 0 Å². The minimum absolute atomic E-state index is 0.132. The first-order valence-electron chi connectivity index (χ1n) is 10.4. The number of hydrogen-bond donors (Lipinski definition) is 1. The molecule has 2 aromatic rings. The normalized spacial score (nSPS) is 19.2. The zero-order chi connectivity index (χ0) is 21.3. The van der Waals surface area contributed by atoms with Crippen LogP contribution >= 0.6 is 27.3 Å². The van der Waals surface area contributed by atoms with Crippen LogP contribution in [0.15, 0.2) is 63.5 Å². The van der Waals surface area contributed by atoms with E-state index >= 15 is 0 Å². The number of halogens is 1. The maximum Gasteiger partial charge on any atom is 0.161 e. The highest BCUT2D eigenvalue weighted by molar-refractivity contribution is 9.10. The van der Waals surface area contributed by atoms with Gasteiger partial charge in [-0.1, -0.05) is 29.3 Å². The molecule has 1 aliphatic heterocycles. The van der Waals surface area contributed by atoms with Gasteiger partial charge in [0.05, 0.1) is 17.6 Å². The van der Waals surface area contributed by atoms with Gasteiger partial charge in [-0.3, -0.25) is 9.69 Å². The maximum absolute atomic E-state index is 13.1. The van der Waals surface area contributed by atoms with Crippen LogP contribution in [-0.2, 0) is 11.2 Å². The predicted molar refractivity (Wildman–Crippen MR) is 125 cm³/mol. The molecule has 1 unspecified atom stereocenters. The van der Waals surface area contributed by atoms with Gasteiger partial charge in [-0.15, -0.1) is 11.3 Å². The number of Topliss-reactive ketones (excluding diaryl/α,β-unsaturated/α-hetero) is 1. The number of ketones is 1. The molecule has 1 aromatic heterocycles. The minimum Gasteiger partial charge on any atom is -0.384 e. The van der Waals surface area contributed by atoms with Crippen molar-refractivity contribution in [1.29, 1.82) is 5.26 Å². The highest BCUT2D eigenvalue weighted by atomic mass is 79.9. The van der Waals surface area contributed by atoms with Crippen LogP contribution in [0.2, 0.25) is 0 Å². The first-order valence-corrected chi connectivity index (χ1v) is 12.0. The summed E-state index contributed by atoms with van der Waals surface area (Å²) in [5.41, 5.74) is 9.64. The second-order valence-corrected chi connectivity index (χ2v) is 9.82. The number of benzene rings is 1. The van der Waals surface area contributed by atoms with Gasteiger partial charge in [0.1, 0.15) is 5.82 Å². The van der Waals surface area contributed by atoms with Gasteiger partial charge >= 0.3 is 0 Å². The molecule has 0 saturated heterocycles. The van der Waals surface area contributed by atoms with Crippen LogP contribution in [0.4, 0.5) is 5.69 Å². The first-order chi connectivity index (χ1) is 14.5. The van der Waals surface area contributed by atoms with Gasteiger partial charge in [0.2, 0.25) is 0 Å². The summed E-state index contributed by atoms with van der Waals surface area (Å²) in [6.07, 6.45) is 5.41. The number of rotatable bonds is 5. The lowest BCUT2D eigenvalue weighted by atomic mass is 9.78. The number of anilines is 1. The van der Waals surface area contributed by atoms with Crippen LogP contribution in [-0.4, -0.2) is 5.78 Å². The standard InChI is InChI=1S/C24H24BrN3OS/c1-2-3-5-17-12-13-21(30-17)22-18(14-26)24(27)28(16-10-8-15(25)9-11-16)19-6-4-7-20(29)23(19)22/h8-13,22H,2-7,27H2,1H3. The largest absolute Gasteiger partial charge is 0.384 e. The molecule has 1 atom stereocenters. The number of unbranched alkanes of at least 4 members (excludes halogenated alkanes) is 1. The van der Waals surface area contributed by atoms with Gasteiger partial charge in [-0.25, -0.2) is 0 Å². The van der Waals surface area contributed by atoms with E-state index in [1.165, 1.54) is 4.88 Å². The molecule has 2 heterocycles. The Morgan fingerprint density at radius 1 is 1.23 bits per heavy atom. The summed E-state index contributed by atoms with van der Waals surface area (Å²) in [5, 5.41) is 10.1. The highest BCUT2D eigenvalue weighted by Gasteiger charge is 2.40. The summed E-state index contributed by atoms with van der Waals surface area (Å²) in [5.74, 6) is 0.207. The van der Waals surface area contributed by atoms with Crippen molar-refractivity contribution in [2.75, 3.05) is 4.90 Å². The molecule has 0 radical (unpaired) electrons. The van der Waals surface area contributed by atoms with Crippen molar-refractivity contribution in [1.82, 2.24) is 0 Å². The number of nitrogens with zero attached hydrogens (tertiary/aromatic N) is 2. The first kappa shape index (κ1) is 20.9. The van der Waals surface area contributed by atoms with E-state index in [2.05, 4.69) is 41.1 Å². The number of hydrogen-bond acceptors (Lipinski definition) is 5. The highest BCUT2D eigenvalue weighted by Crippen LogP contribution is 2.47. The van der Waals surface area contributed by atoms with Gasteiger partial charge in [-0.2, -0.15) is 5.26 Å². The summed E-state index contributed by atoms with van der Waals surface area (Å²) in [4.78, 5) is 17.4. The van der Waals surface area contributed by atoms with Gasteiger partial charge in [0, 0.05) is 37.6 Å². The summed E-state index contributed by atoms with van der Waals surface area (Å²) in [6, 6.07) is 14.4. The Hall–Kier alpha value is -2.36. The Morgan fingerprint density at radius 3 is 2.70 bits per heavy atom. The molecular formula is C24H24BrN3OS. The van der Waals surface area contributed by atoms with Gasteiger partial charge < -0.3 is 5.73 Å². The Bertz CT molecular complexity index is 1070. The number of nitrogens with two attached hydrogens (primary N) is 1. The van der Waals surface area contributed by atoms with E-state index in [4.69, 9.17) is 5.73 Å². The average molecular weight is 482 g/mol. The van der Waals surface area contributed by atoms with Crippen LogP contribution in [0, 0.1) is 11.3 Å². The summed E-state index contributed by atoms with van der Waals surface area (Å²) in [7, 11) is 0. The van der Waals surface area contributed by atoms with Crippen molar-refractivity contribution in [2.45, 2.75) is 51.4 Å². The van der Waals surface area contributed by atoms with E-state index < -0.39 is 0 Å². The summed E-state index contributed by atoms with van der Waals surface area (Å²) < 4.78 is 0.969. The second-order valence-electron chi connectivity index (χ2n) is 7.70. The Morgan fingerprint density at radius 2 is 2.00 bits per heavy atom. The number of aryl methyl sites for hydroxylation is 1. The van der Waals surface area contributed by atoms with E-state index in [1.807, 2.05) is 29.2 Å². The molecule has 30 heavy (non-hydrogen) atoms. The molecule has 4 nitrogen and oxygen atoms in total. The molecule has 0 saturated carbocycles. The minimum atomic E-state index is -0.357. The average Bonchev–Trinajstić information content (AvgIpc) is 3.21. The predicted octanol–water partition coefficient (Wildman–Crippen LogP) is 6.16. The Balaban J connectivity index is 1.86. The van der Waals surface area contributed by atoms with E-state index in [0.29, 0.717) is 17.8 Å². The molecular weight excluding hydrogens is 458 g/mol. The number of allylic oxidation sites excluding steroid dienone is 3. The number of thiophene rings is 1. The van der Waals surface area contributed by atoms with E-state index in [0.717, 1.165) is 58.4 Å². The SMILES string of the molecule is CCCCc1ccc(C2C(C#N)=C(N)N(c3ccc(Br)cc3)C3=C2C(=O)CCC3)s1. The van der Waals surface area contributed by atoms with Crippen LogP contribution < -0.4 is 10.6 Å².